The van der Waals surface area contributed by atoms with Crippen molar-refractivity contribution >= 4 is 23.2 Å². The van der Waals surface area contributed by atoms with Gasteiger partial charge in [-0.15, -0.1) is 0 Å². The fourth-order valence-corrected chi connectivity index (χ4v) is 2.23. The van der Waals surface area contributed by atoms with Crippen molar-refractivity contribution in [1.82, 2.24) is 5.32 Å². The maximum absolute atomic E-state index is 12.2. The van der Waals surface area contributed by atoms with E-state index in [4.69, 9.17) is 0 Å². The van der Waals surface area contributed by atoms with Crippen LogP contribution in [0.5, 0.6) is 0 Å². The Morgan fingerprint density at radius 3 is 2.56 bits per heavy atom. The van der Waals surface area contributed by atoms with E-state index in [1.807, 2.05) is 25.1 Å². The van der Waals surface area contributed by atoms with E-state index in [0.717, 1.165) is 12.0 Å². The molecule has 0 aliphatic heterocycles. The normalized spacial score (nSPS) is 11.4. The molecule has 2 aromatic rings. The Bertz CT molecular complexity index is 804. The number of nitro benzene ring substituents is 1. The molecule has 25 heavy (non-hydrogen) atoms. The molecular weight excluding hydrogens is 322 g/mol. The fourth-order valence-electron chi connectivity index (χ4n) is 2.23. The van der Waals surface area contributed by atoms with Gasteiger partial charge in [-0.05, 0) is 37.1 Å². The fraction of sp³-hybridized carbons (Fsp3) is 0.222. The van der Waals surface area contributed by atoms with Crippen LogP contribution in [0.2, 0.25) is 0 Å². The lowest BCUT2D eigenvalue weighted by Crippen LogP contribution is -2.41. The van der Waals surface area contributed by atoms with E-state index in [-0.39, 0.29) is 17.2 Å². The maximum Gasteiger partial charge on any atom is 0.270 e. The number of anilines is 1. The van der Waals surface area contributed by atoms with E-state index in [2.05, 4.69) is 10.6 Å². The molecule has 2 amide bonds. The molecule has 0 fully saturated rings. The molecule has 0 bridgehead atoms. The Kier molecular flexibility index (Phi) is 5.84. The van der Waals surface area contributed by atoms with E-state index in [1.165, 1.54) is 24.3 Å². The number of benzene rings is 2. The number of non-ortho nitro benzene ring substituents is 1. The molecule has 0 spiro atoms. The van der Waals surface area contributed by atoms with Crippen molar-refractivity contribution in [3.8, 4) is 0 Å². The van der Waals surface area contributed by atoms with E-state index in [9.17, 15) is 19.7 Å². The number of rotatable bonds is 6. The Morgan fingerprint density at radius 1 is 1.16 bits per heavy atom. The van der Waals surface area contributed by atoms with Crippen molar-refractivity contribution in [3.05, 3.63) is 69.8 Å². The minimum absolute atomic E-state index is 0.127. The van der Waals surface area contributed by atoms with E-state index >= 15 is 0 Å². The van der Waals surface area contributed by atoms with E-state index in [1.54, 1.807) is 13.0 Å². The first-order valence-electron chi connectivity index (χ1n) is 7.86. The average molecular weight is 341 g/mol. The van der Waals surface area contributed by atoms with Crippen molar-refractivity contribution < 1.29 is 14.5 Å². The number of nitrogens with one attached hydrogen (secondary N) is 2. The average Bonchev–Trinajstić information content (AvgIpc) is 2.61. The summed E-state index contributed by atoms with van der Waals surface area (Å²) < 4.78 is 0. The largest absolute Gasteiger partial charge is 0.341 e. The summed E-state index contributed by atoms with van der Waals surface area (Å²) >= 11 is 0. The lowest BCUT2D eigenvalue weighted by atomic mass is 10.1. The lowest BCUT2D eigenvalue weighted by molar-refractivity contribution is -0.384. The number of aryl methyl sites for hydroxylation is 1. The summed E-state index contributed by atoms with van der Waals surface area (Å²) in [6.07, 6.45) is 0.850. The van der Waals surface area contributed by atoms with Crippen molar-refractivity contribution in [2.24, 2.45) is 0 Å². The van der Waals surface area contributed by atoms with Crippen molar-refractivity contribution in [2.45, 2.75) is 26.3 Å². The summed E-state index contributed by atoms with van der Waals surface area (Å²) in [6.45, 7) is 3.57. The number of nitro groups is 1. The highest BCUT2D eigenvalue weighted by atomic mass is 16.6. The molecule has 2 N–H and O–H groups in total. The van der Waals surface area contributed by atoms with Crippen LogP contribution in [0.15, 0.2) is 48.5 Å². The van der Waals surface area contributed by atoms with Crippen LogP contribution in [0.4, 0.5) is 11.4 Å². The van der Waals surface area contributed by atoms with Crippen LogP contribution in [0.3, 0.4) is 0 Å². The molecule has 0 aliphatic rings. The van der Waals surface area contributed by atoms with Crippen molar-refractivity contribution in [2.75, 3.05) is 5.32 Å². The summed E-state index contributed by atoms with van der Waals surface area (Å²) in [7, 11) is 0. The van der Waals surface area contributed by atoms with Gasteiger partial charge in [0.2, 0.25) is 5.91 Å². The first kappa shape index (κ1) is 18.1. The second-order valence-electron chi connectivity index (χ2n) is 5.55. The molecule has 7 nitrogen and oxygen atoms in total. The summed E-state index contributed by atoms with van der Waals surface area (Å²) in [5.74, 6) is -0.916. The standard InChI is InChI=1S/C18H19N3O4/c1-3-13-6-4-8-15(10-13)20-17(22)12(2)19-18(23)14-7-5-9-16(11-14)21(24)25/h4-12H,3H2,1-2H3,(H,19,23)(H,20,22)/t12-/m0/s1. The molecule has 0 unspecified atom stereocenters. The highest BCUT2D eigenvalue weighted by Gasteiger charge is 2.18. The van der Waals surface area contributed by atoms with Crippen LogP contribution in [-0.2, 0) is 11.2 Å². The predicted octanol–water partition coefficient (Wildman–Crippen LogP) is 2.91. The number of carbonyl (C=O) groups is 2. The Morgan fingerprint density at radius 2 is 1.88 bits per heavy atom. The number of nitrogens with zero attached hydrogens (tertiary/aromatic N) is 1. The summed E-state index contributed by atoms with van der Waals surface area (Å²) in [5.41, 5.74) is 1.69. The first-order valence-corrected chi connectivity index (χ1v) is 7.86. The molecule has 130 valence electrons. The Hall–Kier alpha value is -3.22. The Balaban J connectivity index is 2.01. The van der Waals surface area contributed by atoms with Crippen LogP contribution < -0.4 is 10.6 Å². The van der Waals surface area contributed by atoms with Gasteiger partial charge < -0.3 is 10.6 Å². The maximum atomic E-state index is 12.2. The molecule has 2 aromatic carbocycles. The summed E-state index contributed by atoms with van der Waals surface area (Å²) in [5, 5.41) is 16.0. The number of hydrogen-bond donors (Lipinski definition) is 2. The quantitative estimate of drug-likeness (QED) is 0.623. The molecule has 7 heteroatoms. The lowest BCUT2D eigenvalue weighted by Gasteiger charge is -2.14. The van der Waals surface area contributed by atoms with Gasteiger partial charge in [-0.1, -0.05) is 25.1 Å². The second-order valence-corrected chi connectivity index (χ2v) is 5.55. The number of carbonyl (C=O) groups excluding carboxylic acids is 2. The highest BCUT2D eigenvalue weighted by molar-refractivity contribution is 6.01. The Labute approximate surface area is 145 Å². The van der Waals surface area contributed by atoms with Crippen LogP contribution in [0, 0.1) is 10.1 Å². The van der Waals surface area contributed by atoms with Crippen LogP contribution in [0.1, 0.15) is 29.8 Å². The molecule has 0 aromatic heterocycles. The first-order chi connectivity index (χ1) is 11.9. The van der Waals surface area contributed by atoms with E-state index < -0.39 is 16.9 Å². The van der Waals surface area contributed by atoms with Crippen molar-refractivity contribution in [3.63, 3.8) is 0 Å². The number of hydrogen-bond acceptors (Lipinski definition) is 4. The van der Waals surface area contributed by atoms with Crippen LogP contribution in [-0.4, -0.2) is 22.8 Å². The highest BCUT2D eigenvalue weighted by Crippen LogP contribution is 2.14. The zero-order valence-corrected chi connectivity index (χ0v) is 14.0. The third kappa shape index (κ3) is 4.87. The summed E-state index contributed by atoms with van der Waals surface area (Å²) in [4.78, 5) is 34.6. The molecule has 0 aliphatic carbocycles. The predicted molar refractivity (Wildman–Crippen MR) is 94.5 cm³/mol. The molecule has 0 saturated heterocycles. The monoisotopic (exact) mass is 341 g/mol. The SMILES string of the molecule is CCc1cccc(NC(=O)[C@H](C)NC(=O)c2cccc([N+](=O)[O-])c2)c1. The third-order valence-electron chi connectivity index (χ3n) is 3.66. The van der Waals surface area contributed by atoms with Crippen molar-refractivity contribution in [1.29, 1.82) is 0 Å². The summed E-state index contributed by atoms with van der Waals surface area (Å²) in [6, 6.07) is 12.0. The molecule has 0 saturated carbocycles. The van der Waals surface area contributed by atoms with Gasteiger partial charge >= 0.3 is 0 Å². The zero-order valence-electron chi connectivity index (χ0n) is 14.0. The molecule has 1 atom stereocenters. The van der Waals surface area contributed by atoms with Crippen LogP contribution >= 0.6 is 0 Å². The van der Waals surface area contributed by atoms with Crippen LogP contribution in [0.25, 0.3) is 0 Å². The molecule has 0 radical (unpaired) electrons. The topological polar surface area (TPSA) is 101 Å². The van der Waals surface area contributed by atoms with Gasteiger partial charge in [0, 0.05) is 23.4 Å². The van der Waals surface area contributed by atoms with E-state index in [0.29, 0.717) is 5.69 Å². The van der Waals surface area contributed by atoms with Gasteiger partial charge in [0.15, 0.2) is 0 Å². The number of amides is 2. The smallest absolute Gasteiger partial charge is 0.270 e. The third-order valence-corrected chi connectivity index (χ3v) is 3.66. The van der Waals surface area contributed by atoms with Gasteiger partial charge in [-0.2, -0.15) is 0 Å². The second kappa shape index (κ2) is 8.05. The van der Waals surface area contributed by atoms with Gasteiger partial charge in [-0.3, -0.25) is 19.7 Å². The van der Waals surface area contributed by atoms with Gasteiger partial charge in [0.25, 0.3) is 11.6 Å². The minimum Gasteiger partial charge on any atom is -0.341 e. The van der Waals surface area contributed by atoms with Gasteiger partial charge in [-0.25, -0.2) is 0 Å². The molecular formula is C18H19N3O4. The zero-order chi connectivity index (χ0) is 18.4. The van der Waals surface area contributed by atoms with Gasteiger partial charge in [0.1, 0.15) is 6.04 Å². The van der Waals surface area contributed by atoms with Gasteiger partial charge in [0.05, 0.1) is 4.92 Å². The minimum atomic E-state index is -0.794. The molecule has 2 rings (SSSR count). The molecule has 0 heterocycles.